The maximum absolute atomic E-state index is 13.5. The van der Waals surface area contributed by atoms with Crippen LogP contribution in [0.4, 0.5) is 5.82 Å². The molecule has 0 aromatic heterocycles. The van der Waals surface area contributed by atoms with E-state index < -0.39 is 21.8 Å². The maximum Gasteiger partial charge on any atom is 0.271 e. The predicted octanol–water partition coefficient (Wildman–Crippen LogP) is 4.58. The van der Waals surface area contributed by atoms with E-state index in [4.69, 9.17) is 18.9 Å². The van der Waals surface area contributed by atoms with Gasteiger partial charge >= 0.3 is 0 Å². The molecule has 37 heavy (non-hydrogen) atoms. The molecule has 0 aliphatic carbocycles. The lowest BCUT2D eigenvalue weighted by atomic mass is 10.1. The molecule has 3 aliphatic rings. The number of sulfone groups is 1. The average Bonchev–Trinajstić information content (AvgIpc) is 3.35. The van der Waals surface area contributed by atoms with Crippen LogP contribution in [0.1, 0.15) is 18.6 Å². The zero-order chi connectivity index (χ0) is 26.0. The van der Waals surface area contributed by atoms with Crippen LogP contribution in [0.25, 0.3) is 10.6 Å². The van der Waals surface area contributed by atoms with Crippen LogP contribution in [0.5, 0.6) is 23.0 Å². The van der Waals surface area contributed by atoms with Crippen molar-refractivity contribution in [1.82, 2.24) is 4.98 Å². The standard InChI is InChI=1S/C26H24N2O7S2/c1-3-37(30,31)19-10-4-16(5-11-19)23(35-18-8-6-17(32-2)7-9-18)25(29)27-22-14-20-24-21(33-12-13-34-24)15-36-26(20)28-22/h4-11,14-15,23H,3,12-13H2,1-2H3,(H,27,29). The summed E-state index contributed by atoms with van der Waals surface area (Å²) in [5.74, 6) is 2.19. The smallest absolute Gasteiger partial charge is 0.271 e. The van der Waals surface area contributed by atoms with Gasteiger partial charge in [-0.1, -0.05) is 19.1 Å². The van der Waals surface area contributed by atoms with Crippen LogP contribution < -0.4 is 24.3 Å². The van der Waals surface area contributed by atoms with Crippen molar-refractivity contribution in [3.63, 3.8) is 0 Å². The topological polar surface area (TPSA) is 113 Å². The fraction of sp³-hybridized carbons (Fsp3) is 0.231. The van der Waals surface area contributed by atoms with Crippen molar-refractivity contribution in [2.24, 2.45) is 0 Å². The number of hydrogen-bond donors (Lipinski definition) is 1. The van der Waals surface area contributed by atoms with E-state index in [1.165, 1.54) is 23.5 Å². The molecule has 1 N–H and O–H groups in total. The minimum Gasteiger partial charge on any atom is -0.497 e. The van der Waals surface area contributed by atoms with Crippen LogP contribution in [-0.4, -0.2) is 45.4 Å². The fourth-order valence-electron chi connectivity index (χ4n) is 3.83. The summed E-state index contributed by atoms with van der Waals surface area (Å²) in [4.78, 5) is 18.2. The summed E-state index contributed by atoms with van der Waals surface area (Å²) in [5.41, 5.74) is 1.23. The number of fused-ring (bicyclic) bond motifs is 3. The van der Waals surface area contributed by atoms with E-state index in [2.05, 4.69) is 10.3 Å². The van der Waals surface area contributed by atoms with Crippen molar-refractivity contribution < 1.29 is 32.2 Å². The van der Waals surface area contributed by atoms with E-state index in [-0.39, 0.29) is 10.6 Å². The van der Waals surface area contributed by atoms with Crippen molar-refractivity contribution in [3.8, 4) is 33.6 Å². The second-order valence-corrected chi connectivity index (χ2v) is 11.3. The van der Waals surface area contributed by atoms with Crippen LogP contribution in [0.15, 0.2) is 64.9 Å². The first-order valence-electron chi connectivity index (χ1n) is 11.5. The molecule has 1 amide bonds. The van der Waals surface area contributed by atoms with Gasteiger partial charge in [0, 0.05) is 10.9 Å². The molecule has 9 nitrogen and oxygen atoms in total. The van der Waals surface area contributed by atoms with E-state index in [0.29, 0.717) is 52.6 Å². The predicted molar refractivity (Wildman–Crippen MR) is 139 cm³/mol. The Morgan fingerprint density at radius 1 is 1.08 bits per heavy atom. The quantitative estimate of drug-likeness (QED) is 0.346. The number of nitrogens with zero attached hydrogens (tertiary/aromatic N) is 1. The van der Waals surface area contributed by atoms with Crippen molar-refractivity contribution in [2.45, 2.75) is 17.9 Å². The van der Waals surface area contributed by atoms with Gasteiger partial charge < -0.3 is 24.3 Å². The number of amides is 1. The minimum atomic E-state index is -3.38. The number of carbonyl (C=O) groups is 1. The van der Waals surface area contributed by atoms with Crippen LogP contribution in [0.3, 0.4) is 0 Å². The summed E-state index contributed by atoms with van der Waals surface area (Å²) in [7, 11) is -1.83. The van der Waals surface area contributed by atoms with Crippen LogP contribution in [0, 0.1) is 0 Å². The van der Waals surface area contributed by atoms with Gasteiger partial charge in [0.25, 0.3) is 5.91 Å². The molecular weight excluding hydrogens is 516 g/mol. The Morgan fingerprint density at radius 3 is 2.49 bits per heavy atom. The summed E-state index contributed by atoms with van der Waals surface area (Å²) >= 11 is 1.39. The second-order valence-electron chi connectivity index (χ2n) is 8.12. The average molecular weight is 541 g/mol. The molecule has 0 bridgehead atoms. The number of anilines is 1. The molecule has 11 heteroatoms. The van der Waals surface area contributed by atoms with E-state index in [1.807, 2.05) is 5.38 Å². The molecule has 1 atom stereocenters. The lowest BCUT2D eigenvalue weighted by Gasteiger charge is -2.19. The van der Waals surface area contributed by atoms with E-state index in [9.17, 15) is 13.2 Å². The molecule has 0 saturated heterocycles. The summed E-state index contributed by atoms with van der Waals surface area (Å²) < 4.78 is 47.2. The third kappa shape index (κ3) is 5.18. The SMILES string of the molecule is CCS(=O)(=O)c1ccc(C(Oc2ccc(OC)cc2)C(=O)Nc2cc3c4c(csc-3n2)OCCO4)cc1. The molecule has 3 aliphatic heterocycles. The van der Waals surface area contributed by atoms with E-state index in [0.717, 1.165) is 5.56 Å². The van der Waals surface area contributed by atoms with Gasteiger partial charge in [0.15, 0.2) is 21.3 Å². The normalized spacial score (nSPS) is 13.7. The Labute approximate surface area is 218 Å². The van der Waals surface area contributed by atoms with Crippen molar-refractivity contribution in [1.29, 1.82) is 0 Å². The summed E-state index contributed by atoms with van der Waals surface area (Å²) in [5, 5.41) is 5.35. The molecule has 192 valence electrons. The van der Waals surface area contributed by atoms with Gasteiger partial charge in [-0.2, -0.15) is 0 Å². The second kappa shape index (κ2) is 10.3. The summed E-state index contributed by atoms with van der Waals surface area (Å²) in [6.45, 7) is 2.50. The molecule has 2 aromatic rings. The van der Waals surface area contributed by atoms with Gasteiger partial charge in [-0.25, -0.2) is 13.4 Å². The lowest BCUT2D eigenvalue weighted by molar-refractivity contribution is -0.123. The molecule has 0 saturated carbocycles. The van der Waals surface area contributed by atoms with Gasteiger partial charge in [-0.15, -0.1) is 11.3 Å². The summed E-state index contributed by atoms with van der Waals surface area (Å²) in [6, 6.07) is 14.7. The molecule has 3 heterocycles. The monoisotopic (exact) mass is 540 g/mol. The number of methoxy groups -OCH3 is 1. The largest absolute Gasteiger partial charge is 0.497 e. The first-order valence-corrected chi connectivity index (χ1v) is 14.0. The van der Waals surface area contributed by atoms with Crippen molar-refractivity contribution in [2.75, 3.05) is 31.4 Å². The number of carbonyl (C=O) groups excluding carboxylic acids is 1. The molecule has 1 unspecified atom stereocenters. The van der Waals surface area contributed by atoms with Crippen molar-refractivity contribution in [3.05, 3.63) is 65.5 Å². The highest BCUT2D eigenvalue weighted by atomic mass is 32.2. The number of hydrogen-bond acceptors (Lipinski definition) is 9. The first-order chi connectivity index (χ1) is 17.9. The van der Waals surface area contributed by atoms with Crippen LogP contribution >= 0.6 is 11.3 Å². The van der Waals surface area contributed by atoms with Gasteiger partial charge in [0.05, 0.1) is 23.3 Å². The van der Waals surface area contributed by atoms with Gasteiger partial charge in [0.2, 0.25) is 6.10 Å². The fourth-order valence-corrected chi connectivity index (χ4v) is 5.54. The third-order valence-corrected chi connectivity index (χ3v) is 8.41. The molecule has 0 spiro atoms. The van der Waals surface area contributed by atoms with E-state index >= 15 is 0 Å². The van der Waals surface area contributed by atoms with Crippen LogP contribution in [0.2, 0.25) is 0 Å². The summed E-state index contributed by atoms with van der Waals surface area (Å²) in [6.07, 6.45) is -1.08. The highest BCUT2D eigenvalue weighted by Crippen LogP contribution is 2.45. The zero-order valence-corrected chi connectivity index (χ0v) is 21.7. The number of nitrogens with one attached hydrogen (secondary N) is 1. The van der Waals surface area contributed by atoms with Gasteiger partial charge in [0.1, 0.15) is 35.5 Å². The van der Waals surface area contributed by atoms with Gasteiger partial charge in [-0.05, 0) is 42.5 Å². The Kier molecular flexibility index (Phi) is 6.90. The Bertz CT molecular complexity index is 1480. The molecule has 5 rings (SSSR count). The van der Waals surface area contributed by atoms with Crippen LogP contribution in [-0.2, 0) is 14.6 Å². The third-order valence-electron chi connectivity index (χ3n) is 5.79. The zero-order valence-electron chi connectivity index (χ0n) is 20.1. The number of benzene rings is 2. The number of rotatable bonds is 8. The Balaban J connectivity index is 1.45. The number of ether oxygens (including phenoxy) is 4. The van der Waals surface area contributed by atoms with Gasteiger partial charge in [-0.3, -0.25) is 4.79 Å². The number of aromatic nitrogens is 1. The maximum atomic E-state index is 13.5. The molecule has 0 fully saturated rings. The minimum absolute atomic E-state index is 0.0196. The highest BCUT2D eigenvalue weighted by Gasteiger charge is 2.27. The van der Waals surface area contributed by atoms with E-state index in [1.54, 1.807) is 56.5 Å². The lowest BCUT2D eigenvalue weighted by Crippen LogP contribution is -2.26. The Morgan fingerprint density at radius 2 is 1.78 bits per heavy atom. The molecule has 2 aromatic carbocycles. The first kappa shape index (κ1) is 24.8. The van der Waals surface area contributed by atoms with Crippen molar-refractivity contribution >= 4 is 32.9 Å². The highest BCUT2D eigenvalue weighted by molar-refractivity contribution is 7.91. The molecule has 0 radical (unpaired) electrons. The molecular formula is C26H24N2O7S2. The Hall–Kier alpha value is -3.83.